The number of ketones is 1. The van der Waals surface area contributed by atoms with Crippen LogP contribution in [0.5, 0.6) is 0 Å². The zero-order valence-electron chi connectivity index (χ0n) is 23.6. The zero-order valence-corrected chi connectivity index (χ0v) is 26.0. The summed E-state index contributed by atoms with van der Waals surface area (Å²) in [5.74, 6) is -4.03. The topological polar surface area (TPSA) is 115 Å². The molecule has 5 rings (SSSR count). The monoisotopic (exact) mass is 665 g/mol. The molecule has 9 nitrogen and oxygen atoms in total. The number of alkyl halides is 2. The predicted molar refractivity (Wildman–Crippen MR) is 159 cm³/mol. The second kappa shape index (κ2) is 13.6. The Balaban J connectivity index is 0.000000437. The predicted octanol–water partition coefficient (Wildman–Crippen LogP) is 6.72. The number of thiazole rings is 1. The number of amides is 1. The van der Waals surface area contributed by atoms with E-state index in [1.54, 1.807) is 37.7 Å². The van der Waals surface area contributed by atoms with Gasteiger partial charge in [-0.05, 0) is 80.6 Å². The highest BCUT2D eigenvalue weighted by molar-refractivity contribution is 9.11. The highest BCUT2D eigenvalue weighted by Gasteiger charge is 2.48. The number of hydrogen-bond donors (Lipinski definition) is 2. The first-order chi connectivity index (χ1) is 19.9. The number of rotatable bonds is 7. The fourth-order valence-corrected chi connectivity index (χ4v) is 6.49. The number of carbonyl (C=O) groups excluding carboxylic acids is 2. The van der Waals surface area contributed by atoms with E-state index in [-0.39, 0.29) is 17.8 Å². The van der Waals surface area contributed by atoms with Crippen LogP contribution in [0.1, 0.15) is 75.5 Å². The second-order valence-electron chi connectivity index (χ2n) is 11.2. The van der Waals surface area contributed by atoms with Crippen molar-refractivity contribution in [2.45, 2.75) is 83.3 Å². The van der Waals surface area contributed by atoms with Gasteiger partial charge in [0.05, 0.1) is 27.2 Å². The molecule has 0 aliphatic heterocycles. The Labute approximate surface area is 256 Å². The van der Waals surface area contributed by atoms with Crippen molar-refractivity contribution in [3.8, 4) is 11.3 Å². The number of fused-ring (bicyclic) bond motifs is 1. The molecule has 1 fully saturated rings. The van der Waals surface area contributed by atoms with Gasteiger partial charge >= 0.3 is 13.8 Å². The molecule has 0 spiro atoms. The van der Waals surface area contributed by atoms with E-state index in [2.05, 4.69) is 31.3 Å². The van der Waals surface area contributed by atoms with Crippen molar-refractivity contribution in [2.75, 3.05) is 0 Å². The van der Waals surface area contributed by atoms with Crippen molar-refractivity contribution in [3.05, 3.63) is 51.2 Å². The standard InChI is InChI=1S/C23H25BrF2N4O3S.C5H8BO2/c1-22(2,3)33-21(32)28-15-7-6-9-23(25,26)14(15)11-17(31)20-29-18(19(24)34-20)13-12-27-30-10-5-4-8-16(13)30;7-6-8-5-3-1-2-4-5/h4-5,8,10,12,14-15H,6-7,9,11H2,1-3H3,(H,28,32);3,7H,1-2,4H2/t14?,15-;/m1./s1. The molecule has 0 aromatic carbocycles. The Bertz CT molecular complexity index is 1440. The van der Waals surface area contributed by atoms with Gasteiger partial charge in [0.25, 0.3) is 5.92 Å². The summed E-state index contributed by atoms with van der Waals surface area (Å²) in [6, 6.07) is 4.73. The molecule has 2 atom stereocenters. The lowest BCUT2D eigenvalue weighted by Crippen LogP contribution is -2.52. The Morgan fingerprint density at radius 2 is 2.10 bits per heavy atom. The minimum Gasteiger partial charge on any atom is -0.541 e. The average molecular weight is 666 g/mol. The summed E-state index contributed by atoms with van der Waals surface area (Å²) in [6.07, 6.45) is 7.74. The average Bonchev–Trinajstić information content (AvgIpc) is 3.65. The number of nitrogens with zero attached hydrogens (tertiary/aromatic N) is 3. The molecule has 14 heteroatoms. The quantitative estimate of drug-likeness (QED) is 0.213. The van der Waals surface area contributed by atoms with Gasteiger partial charge < -0.3 is 19.7 Å². The van der Waals surface area contributed by atoms with Crippen molar-refractivity contribution in [2.24, 2.45) is 5.92 Å². The van der Waals surface area contributed by atoms with Gasteiger partial charge in [0.15, 0.2) is 10.8 Å². The van der Waals surface area contributed by atoms with Crippen LogP contribution in [0.2, 0.25) is 0 Å². The number of aromatic nitrogens is 3. The van der Waals surface area contributed by atoms with Crippen LogP contribution in [0.3, 0.4) is 0 Å². The fraction of sp³-hybridized carbons (Fsp3) is 0.500. The van der Waals surface area contributed by atoms with E-state index < -0.39 is 41.8 Å². The van der Waals surface area contributed by atoms with E-state index in [9.17, 15) is 18.4 Å². The number of nitrogens with one attached hydrogen (secondary N) is 1. The van der Waals surface area contributed by atoms with Gasteiger partial charge in [0.2, 0.25) is 0 Å². The number of Topliss-reactive ketones (excluding diaryl/α,β-unsaturated/α-hetero) is 1. The van der Waals surface area contributed by atoms with Crippen LogP contribution in [-0.4, -0.2) is 56.7 Å². The van der Waals surface area contributed by atoms with Crippen LogP contribution in [0.25, 0.3) is 16.8 Å². The summed E-state index contributed by atoms with van der Waals surface area (Å²) >= 11 is 4.56. The largest absolute Gasteiger partial charge is 0.569 e. The van der Waals surface area contributed by atoms with Crippen LogP contribution in [0, 0.1) is 5.92 Å². The van der Waals surface area contributed by atoms with E-state index in [4.69, 9.17) is 14.4 Å². The van der Waals surface area contributed by atoms with Crippen molar-refractivity contribution in [3.63, 3.8) is 0 Å². The normalized spacial score (nSPS) is 19.8. The first-order valence-corrected chi connectivity index (χ1v) is 15.3. The third-order valence-electron chi connectivity index (χ3n) is 6.87. The Hall–Kier alpha value is -2.84. The minimum absolute atomic E-state index is 0.134. The molecular weight excluding hydrogens is 633 g/mol. The summed E-state index contributed by atoms with van der Waals surface area (Å²) < 4.78 is 42.0. The van der Waals surface area contributed by atoms with Gasteiger partial charge in [-0.2, -0.15) is 5.10 Å². The van der Waals surface area contributed by atoms with Gasteiger partial charge in [-0.3, -0.25) is 4.79 Å². The van der Waals surface area contributed by atoms with E-state index >= 15 is 0 Å². The lowest BCUT2D eigenvalue weighted by Gasteiger charge is -2.38. The van der Waals surface area contributed by atoms with E-state index in [1.165, 1.54) is 0 Å². The maximum atomic E-state index is 14.9. The maximum Gasteiger partial charge on any atom is 0.569 e. The fourth-order valence-electron chi connectivity index (χ4n) is 4.97. The van der Waals surface area contributed by atoms with Crippen LogP contribution in [-0.2, 0) is 9.39 Å². The molecule has 0 saturated heterocycles. The highest BCUT2D eigenvalue weighted by atomic mass is 79.9. The van der Waals surface area contributed by atoms with Gasteiger partial charge in [-0.25, -0.2) is 23.1 Å². The lowest BCUT2D eigenvalue weighted by molar-refractivity contribution is -0.0973. The van der Waals surface area contributed by atoms with Gasteiger partial charge in [0.1, 0.15) is 11.3 Å². The van der Waals surface area contributed by atoms with Crippen molar-refractivity contribution in [1.82, 2.24) is 19.9 Å². The number of halogens is 3. The third-order valence-corrected chi connectivity index (χ3v) is 8.62. The molecule has 3 heterocycles. The summed E-state index contributed by atoms with van der Waals surface area (Å²) in [7, 11) is 0.733. The third kappa shape index (κ3) is 8.16. The molecule has 1 radical (unpaired) electrons. The van der Waals surface area contributed by atoms with Crippen LogP contribution in [0.4, 0.5) is 13.6 Å². The van der Waals surface area contributed by atoms with Crippen molar-refractivity contribution in [1.29, 1.82) is 0 Å². The molecule has 42 heavy (non-hydrogen) atoms. The first kappa shape index (κ1) is 32.1. The molecule has 2 N–H and O–H groups in total. The summed E-state index contributed by atoms with van der Waals surface area (Å²) in [4.78, 5) is 29.8. The summed E-state index contributed by atoms with van der Waals surface area (Å²) in [5.41, 5.74) is 1.32. The smallest absolute Gasteiger partial charge is 0.541 e. The summed E-state index contributed by atoms with van der Waals surface area (Å²) in [5, 5.41) is 15.1. The van der Waals surface area contributed by atoms with E-state index in [0.717, 1.165) is 55.1 Å². The first-order valence-electron chi connectivity index (χ1n) is 13.7. The molecule has 3 aromatic heterocycles. The van der Waals surface area contributed by atoms with Gasteiger partial charge in [-0.15, -0.1) is 11.3 Å². The summed E-state index contributed by atoms with van der Waals surface area (Å²) in [6.45, 7) is 5.10. The van der Waals surface area contributed by atoms with E-state index in [1.807, 2.05) is 24.3 Å². The SMILES string of the molecule is CC(C)(C)OC(=O)N[C@@H]1CCCC(F)(F)C1CC(=O)c1nc(-c2cnn3ccccc23)c(Br)s1.O[B]OC1=CCCC1. The molecular formula is C28H33BBrF2N4O5S. The van der Waals surface area contributed by atoms with Crippen LogP contribution < -0.4 is 5.32 Å². The molecule has 2 aliphatic rings. The molecule has 1 unspecified atom stereocenters. The molecule has 0 bridgehead atoms. The second-order valence-corrected chi connectivity index (χ2v) is 13.5. The maximum absolute atomic E-state index is 14.9. The highest BCUT2D eigenvalue weighted by Crippen LogP contribution is 2.42. The number of allylic oxidation sites excluding steroid dienone is 2. The molecule has 1 saturated carbocycles. The number of pyridine rings is 1. The van der Waals surface area contributed by atoms with Gasteiger partial charge in [-0.1, -0.05) is 6.07 Å². The van der Waals surface area contributed by atoms with E-state index in [0.29, 0.717) is 15.9 Å². The number of hydrogen-bond acceptors (Lipinski definition) is 8. The van der Waals surface area contributed by atoms with Crippen LogP contribution in [0.15, 0.2) is 46.2 Å². The van der Waals surface area contributed by atoms with Crippen molar-refractivity contribution >= 4 is 52.3 Å². The zero-order chi connectivity index (χ0) is 30.5. The molecule has 1 amide bonds. The van der Waals surface area contributed by atoms with Gasteiger partial charge in [0, 0.05) is 37.1 Å². The number of carbonyl (C=O) groups is 2. The number of ether oxygens (including phenoxy) is 1. The molecule has 3 aromatic rings. The molecule has 225 valence electrons. The lowest BCUT2D eigenvalue weighted by atomic mass is 9.78. The van der Waals surface area contributed by atoms with Crippen molar-refractivity contribution < 1.29 is 32.8 Å². The van der Waals surface area contributed by atoms with Crippen LogP contribution >= 0.6 is 27.3 Å². The number of alkyl carbamates (subject to hydrolysis) is 1. The minimum atomic E-state index is -3.09. The Morgan fingerprint density at radius 1 is 1.31 bits per heavy atom. The Kier molecular flexibility index (Phi) is 10.4. The molecule has 2 aliphatic carbocycles. The Morgan fingerprint density at radius 3 is 2.79 bits per heavy atom.